The van der Waals surface area contributed by atoms with Crippen molar-refractivity contribution in [1.29, 1.82) is 0 Å². The van der Waals surface area contributed by atoms with E-state index in [1.54, 1.807) is 0 Å². The summed E-state index contributed by atoms with van der Waals surface area (Å²) >= 11 is 5.33. The zero-order valence-corrected chi connectivity index (χ0v) is 11.2. The molecule has 0 aliphatic rings. The molecule has 3 amide bonds. The van der Waals surface area contributed by atoms with Gasteiger partial charge in [-0.05, 0) is 26.0 Å². The van der Waals surface area contributed by atoms with Crippen LogP contribution in [0.2, 0.25) is 0 Å². The van der Waals surface area contributed by atoms with Gasteiger partial charge in [-0.15, -0.1) is 11.6 Å². The second-order valence-corrected chi connectivity index (χ2v) is 4.04. The van der Waals surface area contributed by atoms with Crippen LogP contribution >= 0.6 is 11.6 Å². The summed E-state index contributed by atoms with van der Waals surface area (Å²) in [6.07, 6.45) is 0. The fourth-order valence-corrected chi connectivity index (χ4v) is 1.51. The molecule has 0 unspecified atom stereocenters. The number of amides is 3. The molecule has 0 saturated carbocycles. The van der Waals surface area contributed by atoms with E-state index >= 15 is 0 Å². The Kier molecular flexibility index (Phi) is 5.58. The van der Waals surface area contributed by atoms with Crippen LogP contribution in [0.15, 0.2) is 18.2 Å². The average molecular weight is 270 g/mol. The number of urea groups is 1. The van der Waals surface area contributed by atoms with Crippen molar-refractivity contribution in [2.24, 2.45) is 0 Å². The molecule has 0 aromatic carbocycles. The van der Waals surface area contributed by atoms with Crippen molar-refractivity contribution in [3.8, 4) is 0 Å². The van der Waals surface area contributed by atoms with Gasteiger partial charge in [0.15, 0.2) is 0 Å². The molecule has 98 valence electrons. The van der Waals surface area contributed by atoms with Gasteiger partial charge in [0, 0.05) is 12.2 Å². The summed E-state index contributed by atoms with van der Waals surface area (Å²) in [4.78, 5) is 28.6. The zero-order valence-electron chi connectivity index (χ0n) is 10.4. The van der Waals surface area contributed by atoms with E-state index in [9.17, 15) is 9.59 Å². The smallest absolute Gasteiger partial charge is 0.319 e. The van der Waals surface area contributed by atoms with E-state index in [4.69, 9.17) is 11.6 Å². The number of halogens is 1. The minimum absolute atomic E-state index is 0.230. The monoisotopic (exact) mass is 269 g/mol. The molecule has 0 aliphatic heterocycles. The summed E-state index contributed by atoms with van der Waals surface area (Å²) in [7, 11) is 0. The lowest BCUT2D eigenvalue weighted by Crippen LogP contribution is -2.43. The lowest BCUT2D eigenvalue weighted by molar-refractivity contribution is -0.117. The van der Waals surface area contributed by atoms with Crippen molar-refractivity contribution in [3.05, 3.63) is 29.6 Å². The molecule has 1 aromatic heterocycles. The highest BCUT2D eigenvalue weighted by Gasteiger charge is 2.14. The van der Waals surface area contributed by atoms with Crippen molar-refractivity contribution >= 4 is 23.5 Å². The van der Waals surface area contributed by atoms with Crippen LogP contribution in [0, 0.1) is 6.92 Å². The highest BCUT2D eigenvalue weighted by Crippen LogP contribution is 2.03. The summed E-state index contributed by atoms with van der Waals surface area (Å²) in [5, 5.41) is 2.20. The lowest BCUT2D eigenvalue weighted by atomic mass is 10.3. The number of carbonyl (C=O) groups is 2. The van der Waals surface area contributed by atoms with Crippen LogP contribution in [0.4, 0.5) is 4.79 Å². The first-order valence-corrected chi connectivity index (χ1v) is 6.17. The minimum atomic E-state index is -0.502. The number of alkyl halides is 1. The van der Waals surface area contributed by atoms with Crippen molar-refractivity contribution in [1.82, 2.24) is 15.2 Å². The fraction of sp³-hybridized carbons (Fsp3) is 0.417. The second-order valence-electron chi connectivity index (χ2n) is 3.77. The molecule has 1 rings (SSSR count). The topological polar surface area (TPSA) is 62.3 Å². The Bertz CT molecular complexity index is 437. The third-order valence-corrected chi connectivity index (χ3v) is 2.58. The van der Waals surface area contributed by atoms with E-state index in [-0.39, 0.29) is 5.88 Å². The molecule has 0 atom stereocenters. The first kappa shape index (κ1) is 14.4. The van der Waals surface area contributed by atoms with Crippen LogP contribution < -0.4 is 5.32 Å². The molecule has 0 fully saturated rings. The molecule has 0 saturated heterocycles. The summed E-state index contributed by atoms with van der Waals surface area (Å²) in [6.45, 7) is 4.56. The third-order valence-electron chi connectivity index (χ3n) is 2.34. The summed E-state index contributed by atoms with van der Waals surface area (Å²) < 4.78 is 0. The molecular weight excluding hydrogens is 254 g/mol. The molecule has 6 heteroatoms. The maximum Gasteiger partial charge on any atom is 0.324 e. The van der Waals surface area contributed by atoms with E-state index in [2.05, 4.69) is 10.3 Å². The van der Waals surface area contributed by atoms with Crippen LogP contribution in [0.1, 0.15) is 18.3 Å². The first-order chi connectivity index (χ1) is 8.56. The van der Waals surface area contributed by atoms with Crippen LogP contribution in [0.5, 0.6) is 0 Å². The molecule has 0 radical (unpaired) electrons. The zero-order chi connectivity index (χ0) is 13.5. The number of aromatic nitrogens is 1. The quantitative estimate of drug-likeness (QED) is 0.846. The Labute approximate surface area is 111 Å². The van der Waals surface area contributed by atoms with Gasteiger partial charge in [0.25, 0.3) is 0 Å². The number of imide groups is 1. The standard InChI is InChI=1S/C12H16ClN3O2/c1-3-16(12(18)15-11(17)7-13)8-10-6-4-5-9(2)14-10/h4-6H,3,7-8H2,1-2H3,(H,15,17,18). The number of nitrogens with one attached hydrogen (secondary N) is 1. The Morgan fingerprint density at radius 1 is 1.44 bits per heavy atom. The highest BCUT2D eigenvalue weighted by atomic mass is 35.5. The van der Waals surface area contributed by atoms with Crippen molar-refractivity contribution in [2.75, 3.05) is 12.4 Å². The third kappa shape index (κ3) is 4.33. The van der Waals surface area contributed by atoms with Gasteiger partial charge in [0.2, 0.25) is 5.91 Å². The summed E-state index contributed by atoms with van der Waals surface area (Å²) in [6, 6.07) is 5.16. The maximum atomic E-state index is 11.7. The van der Waals surface area contributed by atoms with E-state index in [1.165, 1.54) is 4.90 Å². The SMILES string of the molecule is CCN(Cc1cccc(C)n1)C(=O)NC(=O)CCl. The molecule has 0 aliphatic carbocycles. The van der Waals surface area contributed by atoms with E-state index in [0.29, 0.717) is 13.1 Å². The van der Waals surface area contributed by atoms with Gasteiger partial charge in [-0.25, -0.2) is 4.79 Å². The van der Waals surface area contributed by atoms with Gasteiger partial charge in [-0.1, -0.05) is 6.07 Å². The van der Waals surface area contributed by atoms with Crippen molar-refractivity contribution in [3.63, 3.8) is 0 Å². The number of aryl methyl sites for hydroxylation is 1. The molecule has 1 aromatic rings. The number of hydrogen-bond donors (Lipinski definition) is 1. The van der Waals surface area contributed by atoms with E-state index in [1.807, 2.05) is 32.0 Å². The molecule has 1 heterocycles. The van der Waals surface area contributed by atoms with Crippen LogP contribution in [0.25, 0.3) is 0 Å². The predicted octanol–water partition coefficient (Wildman–Crippen LogP) is 1.69. The highest BCUT2D eigenvalue weighted by molar-refractivity contribution is 6.28. The summed E-state index contributed by atoms with van der Waals surface area (Å²) in [5.41, 5.74) is 1.67. The van der Waals surface area contributed by atoms with E-state index in [0.717, 1.165) is 11.4 Å². The van der Waals surface area contributed by atoms with Gasteiger partial charge in [0.05, 0.1) is 12.2 Å². The molecule has 5 nitrogen and oxygen atoms in total. The number of pyridine rings is 1. The van der Waals surface area contributed by atoms with Gasteiger partial charge < -0.3 is 4.90 Å². The average Bonchev–Trinajstić information content (AvgIpc) is 2.35. The number of carbonyl (C=O) groups excluding carboxylic acids is 2. The Morgan fingerprint density at radius 3 is 2.72 bits per heavy atom. The lowest BCUT2D eigenvalue weighted by Gasteiger charge is -2.20. The number of hydrogen-bond acceptors (Lipinski definition) is 3. The molecule has 0 spiro atoms. The van der Waals surface area contributed by atoms with Crippen LogP contribution in [-0.2, 0) is 11.3 Å². The normalized spacial score (nSPS) is 9.94. The van der Waals surface area contributed by atoms with Gasteiger partial charge in [-0.3, -0.25) is 15.1 Å². The minimum Gasteiger partial charge on any atom is -0.319 e. The first-order valence-electron chi connectivity index (χ1n) is 5.64. The Hall–Kier alpha value is -1.62. The van der Waals surface area contributed by atoms with Crippen LogP contribution in [0.3, 0.4) is 0 Å². The number of nitrogens with zero attached hydrogens (tertiary/aromatic N) is 2. The molecular formula is C12H16ClN3O2. The largest absolute Gasteiger partial charge is 0.324 e. The van der Waals surface area contributed by atoms with Crippen molar-refractivity contribution in [2.45, 2.75) is 20.4 Å². The fourth-order valence-electron chi connectivity index (χ4n) is 1.44. The van der Waals surface area contributed by atoms with Crippen molar-refractivity contribution < 1.29 is 9.59 Å². The van der Waals surface area contributed by atoms with Gasteiger partial charge in [-0.2, -0.15) is 0 Å². The molecule has 18 heavy (non-hydrogen) atoms. The second kappa shape index (κ2) is 6.96. The Morgan fingerprint density at radius 2 is 2.17 bits per heavy atom. The molecule has 0 bridgehead atoms. The van der Waals surface area contributed by atoms with Gasteiger partial charge >= 0.3 is 6.03 Å². The number of rotatable bonds is 4. The van der Waals surface area contributed by atoms with Crippen LogP contribution in [-0.4, -0.2) is 34.2 Å². The summed E-state index contributed by atoms with van der Waals surface area (Å²) in [5.74, 6) is -0.733. The molecule has 1 N–H and O–H groups in total. The predicted molar refractivity (Wildman–Crippen MR) is 69.3 cm³/mol. The maximum absolute atomic E-state index is 11.7. The Balaban J connectivity index is 2.67. The van der Waals surface area contributed by atoms with Gasteiger partial charge in [0.1, 0.15) is 5.88 Å². The van der Waals surface area contributed by atoms with E-state index < -0.39 is 11.9 Å².